The first kappa shape index (κ1) is 21.3. The molecule has 0 saturated heterocycles. The Morgan fingerprint density at radius 2 is 1.67 bits per heavy atom. The maximum Gasteiger partial charge on any atom is 0.316 e. The van der Waals surface area contributed by atoms with Gasteiger partial charge in [-0.25, -0.2) is 8.42 Å². The number of amides is 1. The van der Waals surface area contributed by atoms with Gasteiger partial charge in [-0.3, -0.25) is 14.4 Å². The zero-order chi connectivity index (χ0) is 22.1. The molecule has 0 aliphatic carbocycles. The van der Waals surface area contributed by atoms with E-state index in [1.165, 1.54) is 44.0 Å². The van der Waals surface area contributed by atoms with E-state index in [9.17, 15) is 22.8 Å². The van der Waals surface area contributed by atoms with Crippen molar-refractivity contribution in [3.63, 3.8) is 0 Å². The normalized spacial score (nSPS) is 11.4. The minimum Gasteiger partial charge on any atom is -0.497 e. The number of rotatable bonds is 6. The van der Waals surface area contributed by atoms with E-state index in [-0.39, 0.29) is 11.3 Å². The molecule has 0 saturated carbocycles. The van der Waals surface area contributed by atoms with Crippen molar-refractivity contribution >= 4 is 32.5 Å². The van der Waals surface area contributed by atoms with E-state index in [4.69, 9.17) is 4.74 Å². The molecule has 1 aromatic heterocycles. The number of hydrogen-bond donors (Lipinski definition) is 1. The summed E-state index contributed by atoms with van der Waals surface area (Å²) in [6.07, 6.45) is -0.246. The Balaban J connectivity index is 1.81. The van der Waals surface area contributed by atoms with E-state index >= 15 is 0 Å². The van der Waals surface area contributed by atoms with Crippen LogP contribution >= 0.6 is 0 Å². The molecule has 10 heteroatoms. The number of fused-ring (bicyclic) bond motifs is 1. The van der Waals surface area contributed by atoms with Crippen molar-refractivity contribution in [1.29, 1.82) is 0 Å². The Kier molecular flexibility index (Phi) is 5.79. The Bertz CT molecular complexity index is 1360. The predicted molar refractivity (Wildman–Crippen MR) is 113 cm³/mol. The number of anilines is 1. The van der Waals surface area contributed by atoms with Crippen LogP contribution in [0.3, 0.4) is 0 Å². The third-order valence-corrected chi connectivity index (χ3v) is 6.49. The van der Waals surface area contributed by atoms with E-state index < -0.39 is 32.6 Å². The van der Waals surface area contributed by atoms with Gasteiger partial charge in [0, 0.05) is 32.3 Å². The number of methoxy groups -OCH3 is 1. The molecule has 1 heterocycles. The molecule has 0 unspecified atom stereocenters. The number of nitrogens with zero attached hydrogens (tertiary/aromatic N) is 2. The maximum atomic E-state index is 12.7. The van der Waals surface area contributed by atoms with Gasteiger partial charge in [0.25, 0.3) is 0 Å². The summed E-state index contributed by atoms with van der Waals surface area (Å²) in [7, 11) is 0.566. The molecule has 0 radical (unpaired) electrons. The van der Waals surface area contributed by atoms with Crippen LogP contribution in [0.15, 0.2) is 56.9 Å². The minimum absolute atomic E-state index is 0.0298. The molecule has 1 amide bonds. The lowest BCUT2D eigenvalue weighted by Gasteiger charge is -2.11. The van der Waals surface area contributed by atoms with Crippen LogP contribution in [0.5, 0.6) is 5.75 Å². The van der Waals surface area contributed by atoms with E-state index in [2.05, 4.69) is 5.32 Å². The molecule has 0 spiro atoms. The average molecular weight is 431 g/mol. The zero-order valence-corrected chi connectivity index (χ0v) is 17.5. The molecule has 2 aromatic carbocycles. The molecule has 0 fully saturated rings. The summed E-state index contributed by atoms with van der Waals surface area (Å²) in [4.78, 5) is 36.1. The molecule has 0 aliphatic rings. The summed E-state index contributed by atoms with van der Waals surface area (Å²) in [5, 5.41) is 2.63. The number of aryl methyl sites for hydroxylation is 2. The fourth-order valence-corrected chi connectivity index (χ4v) is 4.28. The van der Waals surface area contributed by atoms with Crippen molar-refractivity contribution in [3.8, 4) is 5.75 Å². The predicted octanol–water partition coefficient (Wildman–Crippen LogP) is 1.05. The van der Waals surface area contributed by atoms with Gasteiger partial charge in [-0.05, 0) is 30.3 Å². The lowest BCUT2D eigenvalue weighted by Crippen LogP contribution is -2.39. The van der Waals surface area contributed by atoms with Crippen LogP contribution < -0.4 is 21.2 Å². The van der Waals surface area contributed by atoms with Crippen LogP contribution in [0.25, 0.3) is 11.0 Å². The highest BCUT2D eigenvalue weighted by molar-refractivity contribution is 7.91. The summed E-state index contributed by atoms with van der Waals surface area (Å²) >= 11 is 0. The molecular formula is C20H21N3O6S. The second-order valence-corrected chi connectivity index (χ2v) is 8.84. The highest BCUT2D eigenvalue weighted by atomic mass is 32.2. The molecule has 30 heavy (non-hydrogen) atoms. The molecule has 3 rings (SSSR count). The van der Waals surface area contributed by atoms with Gasteiger partial charge in [0.2, 0.25) is 5.91 Å². The lowest BCUT2D eigenvalue weighted by molar-refractivity contribution is -0.115. The standard InChI is InChI=1S/C20H21N3O6S/c1-22-16-8-7-15(12-17(16)23(2)20(26)19(22)25)30(27,28)10-9-18(24)21-13-5-4-6-14(11-13)29-3/h4-8,11-12H,9-10H2,1-3H3,(H,21,24). The Morgan fingerprint density at radius 3 is 2.33 bits per heavy atom. The number of carbonyl (C=O) groups is 1. The van der Waals surface area contributed by atoms with Gasteiger partial charge >= 0.3 is 11.1 Å². The molecule has 9 nitrogen and oxygen atoms in total. The molecule has 158 valence electrons. The number of ether oxygens (including phenoxy) is 1. The van der Waals surface area contributed by atoms with Gasteiger partial charge in [-0.1, -0.05) is 6.07 Å². The van der Waals surface area contributed by atoms with E-state index in [0.29, 0.717) is 22.5 Å². The van der Waals surface area contributed by atoms with Crippen LogP contribution in [0.2, 0.25) is 0 Å². The molecule has 0 bridgehead atoms. The smallest absolute Gasteiger partial charge is 0.316 e. The van der Waals surface area contributed by atoms with Crippen molar-refractivity contribution in [1.82, 2.24) is 9.13 Å². The monoisotopic (exact) mass is 431 g/mol. The van der Waals surface area contributed by atoms with Crippen LogP contribution in [0, 0.1) is 0 Å². The first-order chi connectivity index (χ1) is 14.1. The number of benzene rings is 2. The summed E-state index contributed by atoms with van der Waals surface area (Å²) in [5.41, 5.74) is -0.216. The van der Waals surface area contributed by atoms with Gasteiger partial charge < -0.3 is 19.2 Å². The van der Waals surface area contributed by atoms with Gasteiger partial charge in [-0.15, -0.1) is 0 Å². The Hall–Kier alpha value is -3.40. The number of nitrogens with one attached hydrogen (secondary N) is 1. The van der Waals surface area contributed by atoms with E-state index in [1.807, 2.05) is 0 Å². The lowest BCUT2D eigenvalue weighted by atomic mass is 10.3. The Morgan fingerprint density at radius 1 is 1.00 bits per heavy atom. The minimum atomic E-state index is -3.79. The first-order valence-electron chi connectivity index (χ1n) is 9.00. The van der Waals surface area contributed by atoms with E-state index in [0.717, 1.165) is 4.57 Å². The number of aromatic nitrogens is 2. The number of sulfone groups is 1. The van der Waals surface area contributed by atoms with Gasteiger partial charge in [0.15, 0.2) is 9.84 Å². The summed E-state index contributed by atoms with van der Waals surface area (Å²) in [6.45, 7) is 0. The summed E-state index contributed by atoms with van der Waals surface area (Å²) < 4.78 is 32.8. The van der Waals surface area contributed by atoms with Crippen LogP contribution in [-0.4, -0.2) is 36.3 Å². The molecule has 0 aliphatic heterocycles. The fraction of sp³-hybridized carbons (Fsp3) is 0.250. The number of carbonyl (C=O) groups excluding carboxylic acids is 1. The van der Waals surface area contributed by atoms with Crippen LogP contribution in [0.1, 0.15) is 6.42 Å². The summed E-state index contributed by atoms with van der Waals surface area (Å²) in [5.74, 6) is -0.299. The maximum absolute atomic E-state index is 12.7. The highest BCUT2D eigenvalue weighted by Gasteiger charge is 2.19. The molecule has 0 atom stereocenters. The molecular weight excluding hydrogens is 410 g/mol. The third-order valence-electron chi connectivity index (χ3n) is 4.77. The highest BCUT2D eigenvalue weighted by Crippen LogP contribution is 2.20. The van der Waals surface area contributed by atoms with Gasteiger partial charge in [0.05, 0.1) is 28.8 Å². The van der Waals surface area contributed by atoms with Crippen molar-refractivity contribution in [3.05, 3.63) is 63.2 Å². The SMILES string of the molecule is COc1cccc(NC(=O)CCS(=O)(=O)c2ccc3c(c2)n(C)c(=O)c(=O)n3C)c1. The quantitative estimate of drug-likeness (QED) is 0.583. The molecule has 3 aromatic rings. The second kappa shape index (κ2) is 8.15. The Labute approximate surface area is 172 Å². The largest absolute Gasteiger partial charge is 0.497 e. The molecule has 1 N–H and O–H groups in total. The van der Waals surface area contributed by atoms with Gasteiger partial charge in [0.1, 0.15) is 5.75 Å². The fourth-order valence-electron chi connectivity index (χ4n) is 3.02. The second-order valence-electron chi connectivity index (χ2n) is 6.73. The third kappa shape index (κ3) is 4.13. The van der Waals surface area contributed by atoms with Gasteiger partial charge in [-0.2, -0.15) is 0 Å². The first-order valence-corrected chi connectivity index (χ1v) is 10.7. The van der Waals surface area contributed by atoms with Crippen molar-refractivity contribution in [2.45, 2.75) is 11.3 Å². The van der Waals surface area contributed by atoms with Crippen molar-refractivity contribution in [2.24, 2.45) is 14.1 Å². The van der Waals surface area contributed by atoms with Crippen molar-refractivity contribution in [2.75, 3.05) is 18.2 Å². The topological polar surface area (TPSA) is 116 Å². The zero-order valence-electron chi connectivity index (χ0n) is 16.7. The number of hydrogen-bond acceptors (Lipinski definition) is 6. The summed E-state index contributed by atoms with van der Waals surface area (Å²) in [6, 6.07) is 10.9. The van der Waals surface area contributed by atoms with Crippen LogP contribution in [0.4, 0.5) is 5.69 Å². The van der Waals surface area contributed by atoms with E-state index in [1.54, 1.807) is 24.3 Å². The average Bonchev–Trinajstić information content (AvgIpc) is 2.74. The van der Waals surface area contributed by atoms with Crippen LogP contribution in [-0.2, 0) is 28.7 Å². The van der Waals surface area contributed by atoms with Crippen molar-refractivity contribution < 1.29 is 17.9 Å².